The number of nitrogens with zero attached hydrogens (tertiary/aromatic N) is 1. The molecule has 4 nitrogen and oxygen atoms in total. The highest BCUT2D eigenvalue weighted by atomic mass is 35.5. The van der Waals surface area contributed by atoms with Gasteiger partial charge in [-0.2, -0.15) is 0 Å². The lowest BCUT2D eigenvalue weighted by molar-refractivity contribution is 0.589. The number of sulfonamides is 1. The highest BCUT2D eigenvalue weighted by molar-refractivity contribution is 7.92. The smallest absolute Gasteiger partial charge is 0.264 e. The molecular weight excluding hydrogens is 303 g/mol. The van der Waals surface area contributed by atoms with E-state index in [9.17, 15) is 12.8 Å². The summed E-state index contributed by atoms with van der Waals surface area (Å²) < 4.78 is 39.4. The number of anilines is 2. The Balaban J connectivity index is 2.50. The Hall–Kier alpha value is -1.79. The van der Waals surface area contributed by atoms with Crippen LogP contribution in [0.5, 0.6) is 0 Å². The van der Waals surface area contributed by atoms with Gasteiger partial charge in [-0.15, -0.1) is 0 Å². The minimum atomic E-state index is -3.90. The van der Waals surface area contributed by atoms with E-state index in [2.05, 4.69) is 0 Å². The van der Waals surface area contributed by atoms with Crippen molar-refractivity contribution in [3.05, 3.63) is 53.3 Å². The molecular formula is C13H12ClFN2O2S. The maximum atomic E-state index is 13.7. The molecule has 0 radical (unpaired) electrons. The molecule has 0 atom stereocenters. The topological polar surface area (TPSA) is 63.4 Å². The molecule has 0 aliphatic heterocycles. The molecule has 0 bridgehead atoms. The van der Waals surface area contributed by atoms with Gasteiger partial charge < -0.3 is 5.73 Å². The van der Waals surface area contributed by atoms with Gasteiger partial charge in [0.25, 0.3) is 10.0 Å². The minimum Gasteiger partial charge on any atom is -0.398 e. The Morgan fingerprint density at radius 3 is 2.45 bits per heavy atom. The molecule has 0 heterocycles. The average molecular weight is 315 g/mol. The van der Waals surface area contributed by atoms with Crippen LogP contribution >= 0.6 is 11.6 Å². The van der Waals surface area contributed by atoms with Crippen LogP contribution in [0.4, 0.5) is 15.8 Å². The predicted molar refractivity (Wildman–Crippen MR) is 77.9 cm³/mol. The van der Waals surface area contributed by atoms with E-state index in [0.29, 0.717) is 0 Å². The molecule has 2 aromatic carbocycles. The Morgan fingerprint density at radius 1 is 1.20 bits per heavy atom. The number of para-hydroxylation sites is 1. The first-order valence-electron chi connectivity index (χ1n) is 5.62. The van der Waals surface area contributed by atoms with E-state index >= 15 is 0 Å². The Labute approximate surface area is 121 Å². The molecule has 2 rings (SSSR count). The zero-order valence-corrected chi connectivity index (χ0v) is 12.1. The molecule has 2 N–H and O–H groups in total. The van der Waals surface area contributed by atoms with E-state index in [1.807, 2.05) is 0 Å². The summed E-state index contributed by atoms with van der Waals surface area (Å²) in [4.78, 5) is -0.0533. The van der Waals surface area contributed by atoms with Gasteiger partial charge in [0.1, 0.15) is 5.82 Å². The molecule has 0 saturated heterocycles. The van der Waals surface area contributed by atoms with Gasteiger partial charge in [0.15, 0.2) is 0 Å². The van der Waals surface area contributed by atoms with E-state index in [4.69, 9.17) is 17.3 Å². The minimum absolute atomic E-state index is 0.0413. The van der Waals surface area contributed by atoms with Crippen molar-refractivity contribution in [2.75, 3.05) is 17.1 Å². The number of rotatable bonds is 3. The Bertz CT molecular complexity index is 750. The molecule has 20 heavy (non-hydrogen) atoms. The largest absolute Gasteiger partial charge is 0.398 e. The number of hydrogen-bond donors (Lipinski definition) is 1. The fourth-order valence-electron chi connectivity index (χ4n) is 1.66. The second-order valence-electron chi connectivity index (χ2n) is 4.11. The van der Waals surface area contributed by atoms with Gasteiger partial charge in [0.2, 0.25) is 0 Å². The van der Waals surface area contributed by atoms with Crippen LogP contribution in [0.1, 0.15) is 0 Å². The molecule has 0 saturated carbocycles. The molecule has 106 valence electrons. The van der Waals surface area contributed by atoms with Crippen LogP contribution in [0.25, 0.3) is 0 Å². The average Bonchev–Trinajstić information content (AvgIpc) is 2.41. The summed E-state index contributed by atoms with van der Waals surface area (Å²) in [5.74, 6) is -0.625. The van der Waals surface area contributed by atoms with Gasteiger partial charge in [-0.05, 0) is 30.3 Å². The molecule has 0 aromatic heterocycles. The zero-order chi connectivity index (χ0) is 14.9. The fraction of sp³-hybridized carbons (Fsp3) is 0.0769. The first kappa shape index (κ1) is 14.6. The van der Waals surface area contributed by atoms with Gasteiger partial charge >= 0.3 is 0 Å². The summed E-state index contributed by atoms with van der Waals surface area (Å²) in [6.07, 6.45) is 0. The molecule has 2 aromatic rings. The number of halogens is 2. The Kier molecular flexibility index (Phi) is 3.87. The molecule has 7 heteroatoms. The molecule has 0 aliphatic carbocycles. The van der Waals surface area contributed by atoms with Crippen molar-refractivity contribution in [2.24, 2.45) is 0 Å². The molecule has 0 amide bonds. The molecule has 0 spiro atoms. The highest BCUT2D eigenvalue weighted by Gasteiger charge is 2.23. The van der Waals surface area contributed by atoms with Gasteiger partial charge in [0.05, 0.1) is 21.3 Å². The molecule has 0 unspecified atom stereocenters. The van der Waals surface area contributed by atoms with Gasteiger partial charge in [-0.25, -0.2) is 12.8 Å². The van der Waals surface area contributed by atoms with Gasteiger partial charge in [-0.3, -0.25) is 4.31 Å². The van der Waals surface area contributed by atoms with Crippen LogP contribution in [-0.2, 0) is 10.0 Å². The van der Waals surface area contributed by atoms with Crippen LogP contribution in [0.3, 0.4) is 0 Å². The lowest BCUT2D eigenvalue weighted by atomic mass is 10.3. The van der Waals surface area contributed by atoms with E-state index in [1.54, 1.807) is 6.07 Å². The van der Waals surface area contributed by atoms with Crippen molar-refractivity contribution in [1.29, 1.82) is 0 Å². The summed E-state index contributed by atoms with van der Waals surface area (Å²) in [7, 11) is -2.62. The monoisotopic (exact) mass is 314 g/mol. The quantitative estimate of drug-likeness (QED) is 0.886. The number of nitrogens with two attached hydrogens (primary N) is 1. The highest BCUT2D eigenvalue weighted by Crippen LogP contribution is 2.28. The second-order valence-corrected chi connectivity index (χ2v) is 6.48. The van der Waals surface area contributed by atoms with Crippen molar-refractivity contribution in [2.45, 2.75) is 4.90 Å². The fourth-order valence-corrected chi connectivity index (χ4v) is 3.14. The lowest BCUT2D eigenvalue weighted by Crippen LogP contribution is -2.27. The van der Waals surface area contributed by atoms with Crippen molar-refractivity contribution in [3.63, 3.8) is 0 Å². The van der Waals surface area contributed by atoms with Crippen LogP contribution < -0.4 is 10.0 Å². The summed E-state index contributed by atoms with van der Waals surface area (Å²) in [5, 5.41) is 0.132. The van der Waals surface area contributed by atoms with Crippen molar-refractivity contribution in [1.82, 2.24) is 0 Å². The maximum absolute atomic E-state index is 13.7. The number of nitrogen functional groups attached to an aromatic ring is 1. The third kappa shape index (κ3) is 2.57. The van der Waals surface area contributed by atoms with Crippen molar-refractivity contribution >= 4 is 33.0 Å². The van der Waals surface area contributed by atoms with Crippen LogP contribution in [0, 0.1) is 5.82 Å². The van der Waals surface area contributed by atoms with Crippen LogP contribution in [0.2, 0.25) is 5.02 Å². The third-order valence-electron chi connectivity index (χ3n) is 2.82. The predicted octanol–water partition coefficient (Wildman–Crippen LogP) is 2.89. The zero-order valence-electron chi connectivity index (χ0n) is 10.5. The summed E-state index contributed by atoms with van der Waals surface area (Å²) >= 11 is 5.82. The first-order chi connectivity index (χ1) is 9.34. The SMILES string of the molecule is CN(c1ccccc1F)S(=O)(=O)c1ccc(N)c(Cl)c1. The number of benzene rings is 2. The third-order valence-corrected chi connectivity index (χ3v) is 4.92. The normalized spacial score (nSPS) is 11.3. The summed E-state index contributed by atoms with van der Waals surface area (Å²) in [5.41, 5.74) is 5.78. The molecule has 0 fully saturated rings. The number of hydrogen-bond acceptors (Lipinski definition) is 3. The standard InChI is InChI=1S/C13H12ClFN2O2S/c1-17(13-5-3-2-4-11(13)15)20(18,19)9-6-7-12(16)10(14)8-9/h2-8H,16H2,1H3. The Morgan fingerprint density at radius 2 is 1.85 bits per heavy atom. The van der Waals surface area contributed by atoms with Gasteiger partial charge in [-0.1, -0.05) is 23.7 Å². The maximum Gasteiger partial charge on any atom is 0.264 e. The lowest BCUT2D eigenvalue weighted by Gasteiger charge is -2.20. The summed E-state index contributed by atoms with van der Waals surface area (Å²) in [6, 6.07) is 9.57. The van der Waals surface area contributed by atoms with E-state index < -0.39 is 15.8 Å². The van der Waals surface area contributed by atoms with Gasteiger partial charge in [0, 0.05) is 7.05 Å². The van der Waals surface area contributed by atoms with Crippen molar-refractivity contribution in [3.8, 4) is 0 Å². The van der Waals surface area contributed by atoms with E-state index in [1.165, 1.54) is 43.4 Å². The molecule has 0 aliphatic rings. The first-order valence-corrected chi connectivity index (χ1v) is 7.44. The van der Waals surface area contributed by atoms with Crippen LogP contribution in [-0.4, -0.2) is 15.5 Å². The second kappa shape index (κ2) is 5.30. The van der Waals surface area contributed by atoms with Crippen LogP contribution in [0.15, 0.2) is 47.4 Å². The summed E-state index contributed by atoms with van der Waals surface area (Å²) in [6.45, 7) is 0. The van der Waals surface area contributed by atoms with E-state index in [0.717, 1.165) is 4.31 Å². The van der Waals surface area contributed by atoms with Crippen molar-refractivity contribution < 1.29 is 12.8 Å². The van der Waals surface area contributed by atoms with E-state index in [-0.39, 0.29) is 21.3 Å².